The number of nitrogens with one attached hydrogen (secondary N) is 2. The molecule has 3 N–H and O–H groups in total. The van der Waals surface area contributed by atoms with Crippen LogP contribution < -0.4 is 10.6 Å². The number of anilines is 2. The third kappa shape index (κ3) is 5.34. The van der Waals surface area contributed by atoms with Crippen molar-refractivity contribution in [3.8, 4) is 11.1 Å². The lowest BCUT2D eigenvalue weighted by Crippen LogP contribution is -2.35. The molecule has 0 aromatic carbocycles. The number of carbonyl (C=O) groups is 2. The first-order valence-electron chi connectivity index (χ1n) is 12.2. The standard InChI is InChI=1S/C25H29N9O3/c1-16-4-3-6-32(16)15-23(36)28-20-11-21(17(2)26-13-20)29-25(37)24-31-30-22-10-18(5-7-34(22)24)19-12-27-33(14-19)8-9-35/h5,7,10-14,16,35H,3-4,6,8-9,15H2,1-2H3,(H,28,36)(H,29,37)/t16-/m1/s1. The molecule has 0 bridgehead atoms. The molecule has 1 saturated heterocycles. The van der Waals surface area contributed by atoms with Gasteiger partial charge in [-0.05, 0) is 57.0 Å². The minimum absolute atomic E-state index is 0.00492. The maximum Gasteiger partial charge on any atom is 0.294 e. The van der Waals surface area contributed by atoms with Gasteiger partial charge in [-0.1, -0.05) is 0 Å². The van der Waals surface area contributed by atoms with Gasteiger partial charge in [-0.15, -0.1) is 10.2 Å². The van der Waals surface area contributed by atoms with Crippen LogP contribution in [0.1, 0.15) is 36.1 Å². The second kappa shape index (κ2) is 10.4. The number of aliphatic hydroxyl groups excluding tert-OH is 1. The number of hydrogen-bond donors (Lipinski definition) is 3. The summed E-state index contributed by atoms with van der Waals surface area (Å²) in [4.78, 5) is 32.1. The lowest BCUT2D eigenvalue weighted by Gasteiger charge is -2.20. The SMILES string of the molecule is Cc1ncc(NC(=O)CN2CCC[C@H]2C)cc1NC(=O)c1nnc2cc(-c3cnn(CCO)c3)ccn12. The Hall–Kier alpha value is -4.16. The molecular formula is C25H29N9O3. The molecular weight excluding hydrogens is 474 g/mol. The highest BCUT2D eigenvalue weighted by Crippen LogP contribution is 2.22. The Bertz CT molecular complexity index is 1440. The van der Waals surface area contributed by atoms with Gasteiger partial charge in [-0.3, -0.25) is 28.6 Å². The van der Waals surface area contributed by atoms with Crippen LogP contribution in [0.25, 0.3) is 16.8 Å². The Labute approximate surface area is 213 Å². The van der Waals surface area contributed by atoms with Gasteiger partial charge in [-0.2, -0.15) is 5.10 Å². The highest BCUT2D eigenvalue weighted by atomic mass is 16.3. The van der Waals surface area contributed by atoms with Crippen molar-refractivity contribution in [1.82, 2.24) is 34.3 Å². The summed E-state index contributed by atoms with van der Waals surface area (Å²) in [6.45, 7) is 5.57. The summed E-state index contributed by atoms with van der Waals surface area (Å²) in [6.07, 6.45) is 9.04. The minimum atomic E-state index is -0.449. The molecule has 0 aliphatic carbocycles. The van der Waals surface area contributed by atoms with Crippen LogP contribution in [0.3, 0.4) is 0 Å². The van der Waals surface area contributed by atoms with Gasteiger partial charge in [-0.25, -0.2) is 0 Å². The molecule has 192 valence electrons. The molecule has 1 aliphatic rings. The second-order valence-electron chi connectivity index (χ2n) is 9.20. The predicted octanol–water partition coefficient (Wildman–Crippen LogP) is 1.96. The van der Waals surface area contributed by atoms with Gasteiger partial charge in [0.25, 0.3) is 5.91 Å². The zero-order chi connectivity index (χ0) is 25.9. The van der Waals surface area contributed by atoms with Gasteiger partial charge in [0.05, 0.1) is 49.2 Å². The summed E-state index contributed by atoms with van der Waals surface area (Å²) in [7, 11) is 0. The average molecular weight is 504 g/mol. The number of carbonyl (C=O) groups excluding carboxylic acids is 2. The Kier molecular flexibility index (Phi) is 6.93. The summed E-state index contributed by atoms with van der Waals surface area (Å²) in [6, 6.07) is 5.75. The zero-order valence-corrected chi connectivity index (χ0v) is 20.8. The van der Waals surface area contributed by atoms with Crippen molar-refractivity contribution in [2.24, 2.45) is 0 Å². The molecule has 5 heterocycles. The molecule has 5 rings (SSSR count). The summed E-state index contributed by atoms with van der Waals surface area (Å²) in [5, 5.41) is 27.3. The van der Waals surface area contributed by atoms with Gasteiger partial charge in [0, 0.05) is 24.0 Å². The predicted molar refractivity (Wildman–Crippen MR) is 137 cm³/mol. The van der Waals surface area contributed by atoms with Crippen molar-refractivity contribution in [2.45, 2.75) is 39.3 Å². The van der Waals surface area contributed by atoms with E-state index < -0.39 is 5.91 Å². The van der Waals surface area contributed by atoms with Crippen LogP contribution in [0.5, 0.6) is 0 Å². The maximum absolute atomic E-state index is 13.1. The number of hydrogen-bond acceptors (Lipinski definition) is 8. The van der Waals surface area contributed by atoms with Gasteiger partial charge < -0.3 is 15.7 Å². The van der Waals surface area contributed by atoms with Crippen LogP contribution in [-0.2, 0) is 11.3 Å². The van der Waals surface area contributed by atoms with Crippen LogP contribution in [0.15, 0.2) is 43.0 Å². The van der Waals surface area contributed by atoms with E-state index >= 15 is 0 Å². The first-order chi connectivity index (χ1) is 17.9. The van der Waals surface area contributed by atoms with Crippen molar-refractivity contribution in [3.05, 3.63) is 54.5 Å². The number of nitrogens with zero attached hydrogens (tertiary/aromatic N) is 7. The quantitative estimate of drug-likeness (QED) is 0.331. The Morgan fingerprint density at radius 1 is 1.16 bits per heavy atom. The molecule has 0 saturated carbocycles. The lowest BCUT2D eigenvalue weighted by atomic mass is 10.1. The summed E-state index contributed by atoms with van der Waals surface area (Å²) in [5.41, 5.74) is 3.82. The molecule has 1 atom stereocenters. The molecule has 37 heavy (non-hydrogen) atoms. The highest BCUT2D eigenvalue weighted by molar-refractivity contribution is 6.03. The fourth-order valence-corrected chi connectivity index (χ4v) is 4.48. The number of likely N-dealkylation sites (tertiary alicyclic amines) is 1. The minimum Gasteiger partial charge on any atom is -0.394 e. The van der Waals surface area contributed by atoms with Crippen LogP contribution in [-0.4, -0.2) is 76.9 Å². The van der Waals surface area contributed by atoms with Gasteiger partial charge in [0.15, 0.2) is 5.65 Å². The number of pyridine rings is 2. The lowest BCUT2D eigenvalue weighted by molar-refractivity contribution is -0.117. The number of amides is 2. The van der Waals surface area contributed by atoms with Crippen molar-refractivity contribution < 1.29 is 14.7 Å². The largest absolute Gasteiger partial charge is 0.394 e. The van der Waals surface area contributed by atoms with Crippen molar-refractivity contribution in [2.75, 3.05) is 30.3 Å². The first kappa shape index (κ1) is 24.5. The Balaban J connectivity index is 1.29. The topological polar surface area (TPSA) is 143 Å². The Morgan fingerprint density at radius 2 is 2.03 bits per heavy atom. The van der Waals surface area contributed by atoms with E-state index in [0.29, 0.717) is 41.8 Å². The van der Waals surface area contributed by atoms with Crippen LogP contribution >= 0.6 is 0 Å². The Morgan fingerprint density at radius 3 is 2.81 bits per heavy atom. The molecule has 4 aromatic rings. The molecule has 1 aliphatic heterocycles. The molecule has 0 radical (unpaired) electrons. The summed E-state index contributed by atoms with van der Waals surface area (Å²) in [5.74, 6) is -0.442. The fraction of sp³-hybridized carbons (Fsp3) is 0.360. The summed E-state index contributed by atoms with van der Waals surface area (Å²) >= 11 is 0. The molecule has 0 unspecified atom stereocenters. The first-order valence-corrected chi connectivity index (χ1v) is 12.2. The molecule has 0 spiro atoms. The molecule has 2 amide bonds. The zero-order valence-electron chi connectivity index (χ0n) is 20.8. The van der Waals surface area contributed by atoms with E-state index in [4.69, 9.17) is 5.11 Å². The number of aliphatic hydroxyl groups is 1. The second-order valence-corrected chi connectivity index (χ2v) is 9.20. The van der Waals surface area contributed by atoms with Gasteiger partial charge in [0.2, 0.25) is 11.7 Å². The number of aryl methyl sites for hydroxylation is 1. The van der Waals surface area contributed by atoms with Crippen LogP contribution in [0.2, 0.25) is 0 Å². The van der Waals surface area contributed by atoms with E-state index in [1.807, 2.05) is 18.3 Å². The average Bonchev–Trinajstić information content (AvgIpc) is 3.61. The molecule has 4 aromatic heterocycles. The normalized spacial score (nSPS) is 15.8. The maximum atomic E-state index is 13.1. The number of fused-ring (bicyclic) bond motifs is 1. The third-order valence-electron chi connectivity index (χ3n) is 6.56. The smallest absolute Gasteiger partial charge is 0.294 e. The highest BCUT2D eigenvalue weighted by Gasteiger charge is 2.22. The van der Waals surface area contributed by atoms with Crippen LogP contribution in [0.4, 0.5) is 11.4 Å². The van der Waals surface area contributed by atoms with Gasteiger partial charge >= 0.3 is 0 Å². The van der Waals surface area contributed by atoms with Crippen LogP contribution in [0, 0.1) is 6.92 Å². The van der Waals surface area contributed by atoms with E-state index in [9.17, 15) is 9.59 Å². The van der Waals surface area contributed by atoms with Crippen molar-refractivity contribution in [3.63, 3.8) is 0 Å². The fourth-order valence-electron chi connectivity index (χ4n) is 4.48. The van der Waals surface area contributed by atoms with E-state index in [1.165, 1.54) is 0 Å². The van der Waals surface area contributed by atoms with Gasteiger partial charge in [0.1, 0.15) is 0 Å². The number of aromatic nitrogens is 6. The van der Waals surface area contributed by atoms with Crippen molar-refractivity contribution in [1.29, 1.82) is 0 Å². The van der Waals surface area contributed by atoms with E-state index in [2.05, 4.69) is 42.7 Å². The van der Waals surface area contributed by atoms with E-state index in [1.54, 1.807) is 40.7 Å². The van der Waals surface area contributed by atoms with E-state index in [-0.39, 0.29) is 18.3 Å². The molecule has 1 fully saturated rings. The third-order valence-corrected chi connectivity index (χ3v) is 6.56. The number of rotatable bonds is 8. The van der Waals surface area contributed by atoms with E-state index in [0.717, 1.165) is 30.5 Å². The van der Waals surface area contributed by atoms with Crippen molar-refractivity contribution >= 4 is 28.8 Å². The monoisotopic (exact) mass is 503 g/mol. The summed E-state index contributed by atoms with van der Waals surface area (Å²) < 4.78 is 3.25. The molecule has 12 nitrogen and oxygen atoms in total. The molecule has 12 heteroatoms.